The minimum Gasteiger partial charge on any atom is -0.444 e. The van der Waals surface area contributed by atoms with Crippen LogP contribution in [0.1, 0.15) is 26.3 Å². The summed E-state index contributed by atoms with van der Waals surface area (Å²) in [5.41, 5.74) is 0.583. The van der Waals surface area contributed by atoms with Gasteiger partial charge < -0.3 is 10.1 Å². The fourth-order valence-electron chi connectivity index (χ4n) is 1.35. The number of rotatable bonds is 3. The third-order valence-electron chi connectivity index (χ3n) is 2.07. The minimum absolute atomic E-state index is 0.402. The van der Waals surface area contributed by atoms with Crippen LogP contribution in [0.4, 0.5) is 4.79 Å². The normalized spacial score (nSPS) is 11.2. The highest BCUT2D eigenvalue weighted by Gasteiger charge is 2.15. The van der Waals surface area contributed by atoms with Gasteiger partial charge in [0.25, 0.3) is 0 Å². The number of benzene rings is 1. The molecule has 0 aliphatic heterocycles. The van der Waals surface area contributed by atoms with E-state index in [-0.39, 0.29) is 0 Å². The van der Waals surface area contributed by atoms with E-state index in [1.807, 2.05) is 39.0 Å². The van der Waals surface area contributed by atoms with Crippen molar-refractivity contribution in [3.63, 3.8) is 0 Å². The van der Waals surface area contributed by atoms with Crippen molar-refractivity contribution in [1.82, 2.24) is 5.32 Å². The van der Waals surface area contributed by atoms with Crippen LogP contribution in [0.15, 0.2) is 22.7 Å². The molecule has 1 amide bonds. The van der Waals surface area contributed by atoms with Crippen LogP contribution in [0.5, 0.6) is 0 Å². The number of halogens is 2. The predicted molar refractivity (Wildman–Crippen MR) is 77.1 cm³/mol. The average Bonchev–Trinajstić information content (AvgIpc) is 2.20. The van der Waals surface area contributed by atoms with E-state index in [0.29, 0.717) is 18.0 Å². The van der Waals surface area contributed by atoms with Crippen molar-refractivity contribution >= 4 is 33.6 Å². The second kappa shape index (κ2) is 6.43. The second-order valence-corrected chi connectivity index (χ2v) is 6.21. The van der Waals surface area contributed by atoms with E-state index >= 15 is 0 Å². The van der Waals surface area contributed by atoms with Crippen LogP contribution in [0.25, 0.3) is 0 Å². The van der Waals surface area contributed by atoms with Crippen LogP contribution in [-0.2, 0) is 11.2 Å². The molecule has 18 heavy (non-hydrogen) atoms. The van der Waals surface area contributed by atoms with E-state index in [4.69, 9.17) is 16.3 Å². The van der Waals surface area contributed by atoms with Gasteiger partial charge >= 0.3 is 6.09 Å². The van der Waals surface area contributed by atoms with Crippen LogP contribution in [-0.4, -0.2) is 18.2 Å². The topological polar surface area (TPSA) is 38.3 Å². The molecule has 0 fully saturated rings. The Labute approximate surface area is 121 Å². The monoisotopic (exact) mass is 333 g/mol. The maximum absolute atomic E-state index is 11.4. The predicted octanol–water partition coefficient (Wildman–Crippen LogP) is 4.17. The highest BCUT2D eigenvalue weighted by Crippen LogP contribution is 2.21. The molecule has 3 nitrogen and oxygen atoms in total. The lowest BCUT2D eigenvalue weighted by atomic mass is 10.1. The summed E-state index contributed by atoms with van der Waals surface area (Å²) in [6, 6.07) is 5.59. The van der Waals surface area contributed by atoms with Crippen LogP contribution in [0.2, 0.25) is 5.02 Å². The Balaban J connectivity index is 2.42. The zero-order chi connectivity index (χ0) is 13.8. The molecule has 1 aromatic rings. The first-order valence-corrected chi connectivity index (χ1v) is 6.86. The molecule has 0 aliphatic rings. The summed E-state index contributed by atoms with van der Waals surface area (Å²) in [6.45, 7) is 6.01. The van der Waals surface area contributed by atoms with Gasteiger partial charge in [-0.3, -0.25) is 0 Å². The fraction of sp³-hybridized carbons (Fsp3) is 0.462. The van der Waals surface area contributed by atoms with Gasteiger partial charge in [0, 0.05) is 16.0 Å². The lowest BCUT2D eigenvalue weighted by Gasteiger charge is -2.19. The van der Waals surface area contributed by atoms with Gasteiger partial charge in [-0.2, -0.15) is 0 Å². The Morgan fingerprint density at radius 1 is 1.44 bits per heavy atom. The summed E-state index contributed by atoms with van der Waals surface area (Å²) < 4.78 is 6.13. The molecule has 0 aromatic heterocycles. The first-order chi connectivity index (χ1) is 8.28. The van der Waals surface area contributed by atoms with Crippen LogP contribution < -0.4 is 5.32 Å². The number of hydrogen-bond donors (Lipinski definition) is 1. The quantitative estimate of drug-likeness (QED) is 0.901. The van der Waals surface area contributed by atoms with Crippen LogP contribution >= 0.6 is 27.5 Å². The summed E-state index contributed by atoms with van der Waals surface area (Å²) in [5, 5.41) is 3.39. The number of carbonyl (C=O) groups excluding carboxylic acids is 1. The van der Waals surface area contributed by atoms with E-state index < -0.39 is 11.7 Å². The van der Waals surface area contributed by atoms with Crippen molar-refractivity contribution in [2.45, 2.75) is 32.8 Å². The van der Waals surface area contributed by atoms with Gasteiger partial charge in [0.2, 0.25) is 0 Å². The molecule has 1 rings (SSSR count). The number of carbonyl (C=O) groups is 1. The van der Waals surface area contributed by atoms with Gasteiger partial charge in [-0.15, -0.1) is 0 Å². The molecule has 0 radical (unpaired) electrons. The van der Waals surface area contributed by atoms with Crippen molar-refractivity contribution in [1.29, 1.82) is 0 Å². The Kier molecular flexibility index (Phi) is 5.47. The van der Waals surface area contributed by atoms with Crippen LogP contribution in [0.3, 0.4) is 0 Å². The largest absolute Gasteiger partial charge is 0.444 e. The van der Waals surface area contributed by atoms with Crippen molar-refractivity contribution in [2.24, 2.45) is 0 Å². The zero-order valence-electron chi connectivity index (χ0n) is 10.7. The molecule has 0 heterocycles. The molecule has 0 aliphatic carbocycles. The Morgan fingerprint density at radius 3 is 2.72 bits per heavy atom. The highest BCUT2D eigenvalue weighted by molar-refractivity contribution is 9.10. The number of hydrogen-bond acceptors (Lipinski definition) is 2. The van der Waals surface area contributed by atoms with Crippen molar-refractivity contribution in [3.8, 4) is 0 Å². The number of ether oxygens (including phenoxy) is 1. The molecule has 1 aromatic carbocycles. The lowest BCUT2D eigenvalue weighted by Crippen LogP contribution is -2.33. The number of nitrogens with one attached hydrogen (secondary N) is 1. The van der Waals surface area contributed by atoms with E-state index in [9.17, 15) is 4.79 Å². The smallest absolute Gasteiger partial charge is 0.407 e. The molecular formula is C13H17BrClNO2. The summed E-state index contributed by atoms with van der Waals surface area (Å²) in [4.78, 5) is 11.4. The van der Waals surface area contributed by atoms with E-state index in [1.54, 1.807) is 0 Å². The molecular weight excluding hydrogens is 318 g/mol. The van der Waals surface area contributed by atoms with Crippen LogP contribution in [0, 0.1) is 0 Å². The van der Waals surface area contributed by atoms with Gasteiger partial charge in [0.15, 0.2) is 0 Å². The van der Waals surface area contributed by atoms with Gasteiger partial charge in [0.1, 0.15) is 5.60 Å². The fourth-order valence-corrected chi connectivity index (χ4v) is 1.99. The molecule has 5 heteroatoms. The third-order valence-corrected chi connectivity index (χ3v) is 3.08. The van der Waals surface area contributed by atoms with E-state index in [1.165, 1.54) is 0 Å². The SMILES string of the molecule is CC(C)(C)OC(=O)NCCc1cc(Cl)ccc1Br. The van der Waals surface area contributed by atoms with Gasteiger partial charge in [-0.1, -0.05) is 27.5 Å². The van der Waals surface area contributed by atoms with Gasteiger partial charge in [-0.25, -0.2) is 4.79 Å². The van der Waals surface area contributed by atoms with Crippen molar-refractivity contribution in [3.05, 3.63) is 33.3 Å². The molecule has 0 atom stereocenters. The highest BCUT2D eigenvalue weighted by atomic mass is 79.9. The molecule has 100 valence electrons. The summed E-state index contributed by atoms with van der Waals surface area (Å²) in [7, 11) is 0. The summed E-state index contributed by atoms with van der Waals surface area (Å²) >= 11 is 9.36. The molecule has 0 saturated carbocycles. The minimum atomic E-state index is -0.472. The summed E-state index contributed by atoms with van der Waals surface area (Å²) in [6.07, 6.45) is 0.293. The van der Waals surface area contributed by atoms with Gasteiger partial charge in [-0.05, 0) is 51.0 Å². The molecule has 0 unspecified atom stereocenters. The Bertz CT molecular complexity index is 429. The number of amides is 1. The summed E-state index contributed by atoms with van der Waals surface area (Å²) in [5.74, 6) is 0. The number of alkyl carbamates (subject to hydrolysis) is 1. The lowest BCUT2D eigenvalue weighted by molar-refractivity contribution is 0.0528. The maximum atomic E-state index is 11.4. The Morgan fingerprint density at radius 2 is 2.11 bits per heavy atom. The van der Waals surface area contributed by atoms with E-state index in [0.717, 1.165) is 10.0 Å². The third kappa shape index (κ3) is 5.74. The average molecular weight is 335 g/mol. The van der Waals surface area contributed by atoms with Crippen molar-refractivity contribution < 1.29 is 9.53 Å². The zero-order valence-corrected chi connectivity index (χ0v) is 13.1. The van der Waals surface area contributed by atoms with E-state index in [2.05, 4.69) is 21.2 Å². The first-order valence-electron chi connectivity index (χ1n) is 5.69. The molecule has 0 bridgehead atoms. The van der Waals surface area contributed by atoms with Crippen molar-refractivity contribution in [2.75, 3.05) is 6.54 Å². The van der Waals surface area contributed by atoms with Gasteiger partial charge in [0.05, 0.1) is 0 Å². The Hall–Kier alpha value is -0.740. The first kappa shape index (κ1) is 15.3. The standard InChI is InChI=1S/C13H17BrClNO2/c1-13(2,3)18-12(17)16-7-6-9-8-10(15)4-5-11(9)14/h4-5,8H,6-7H2,1-3H3,(H,16,17). The maximum Gasteiger partial charge on any atom is 0.407 e. The molecule has 0 spiro atoms. The second-order valence-electron chi connectivity index (χ2n) is 4.91. The molecule has 0 saturated heterocycles. The molecule has 1 N–H and O–H groups in total.